The van der Waals surface area contributed by atoms with Crippen LogP contribution in [0.15, 0.2) is 97.1 Å². The summed E-state index contributed by atoms with van der Waals surface area (Å²) in [5.74, 6) is 0.534. The van der Waals surface area contributed by atoms with Crippen LogP contribution in [0.3, 0.4) is 0 Å². The van der Waals surface area contributed by atoms with Crippen molar-refractivity contribution in [1.29, 1.82) is 0 Å². The largest absolute Gasteiger partial charge is 0.508 e. The zero-order valence-electron chi connectivity index (χ0n) is 16.6. The Morgan fingerprint density at radius 1 is 0.483 bits per heavy atom. The standard InChI is InChI=1S/C27H24O2/c1-27(2,25-9-5-3-7-23(25)19-11-15-21(28)16-12-19)26-10-6-4-8-24(26)20-13-17-22(29)18-14-20/h3-18,28-29H,1-2H3. The smallest absolute Gasteiger partial charge is 0.115 e. The first-order valence-electron chi connectivity index (χ1n) is 9.74. The van der Waals surface area contributed by atoms with E-state index >= 15 is 0 Å². The molecule has 0 heterocycles. The molecule has 0 aliphatic carbocycles. The molecule has 2 heteroatoms. The molecule has 2 N–H and O–H groups in total. The summed E-state index contributed by atoms with van der Waals surface area (Å²) in [6.07, 6.45) is 0. The van der Waals surface area contributed by atoms with E-state index in [4.69, 9.17) is 0 Å². The fourth-order valence-electron chi connectivity index (χ4n) is 3.99. The Morgan fingerprint density at radius 3 is 1.21 bits per heavy atom. The van der Waals surface area contributed by atoms with Gasteiger partial charge in [0.1, 0.15) is 11.5 Å². The average Bonchev–Trinajstić information content (AvgIpc) is 2.75. The minimum atomic E-state index is -0.261. The third kappa shape index (κ3) is 3.62. The van der Waals surface area contributed by atoms with Crippen LogP contribution in [-0.2, 0) is 5.41 Å². The molecule has 0 fully saturated rings. The van der Waals surface area contributed by atoms with Gasteiger partial charge in [-0.2, -0.15) is 0 Å². The number of hydrogen-bond acceptors (Lipinski definition) is 2. The van der Waals surface area contributed by atoms with E-state index in [0.29, 0.717) is 0 Å². The Kier molecular flexibility index (Phi) is 4.85. The summed E-state index contributed by atoms with van der Waals surface area (Å²) in [5.41, 5.74) is 6.63. The summed E-state index contributed by atoms with van der Waals surface area (Å²) in [6, 6.07) is 31.6. The first-order valence-corrected chi connectivity index (χ1v) is 9.74. The highest BCUT2D eigenvalue weighted by Gasteiger charge is 2.28. The van der Waals surface area contributed by atoms with Crippen molar-refractivity contribution in [2.45, 2.75) is 19.3 Å². The van der Waals surface area contributed by atoms with E-state index in [2.05, 4.69) is 50.2 Å². The number of aromatic hydroxyl groups is 2. The maximum absolute atomic E-state index is 9.67. The molecule has 144 valence electrons. The third-order valence-electron chi connectivity index (χ3n) is 5.56. The molecule has 0 atom stereocenters. The summed E-state index contributed by atoms with van der Waals surface area (Å²) in [4.78, 5) is 0. The van der Waals surface area contributed by atoms with Crippen LogP contribution in [0.25, 0.3) is 22.3 Å². The van der Waals surface area contributed by atoms with Crippen molar-refractivity contribution >= 4 is 0 Å². The fraction of sp³-hybridized carbons (Fsp3) is 0.111. The fourth-order valence-corrected chi connectivity index (χ4v) is 3.99. The van der Waals surface area contributed by atoms with Crippen molar-refractivity contribution in [3.63, 3.8) is 0 Å². The highest BCUT2D eigenvalue weighted by molar-refractivity contribution is 5.75. The van der Waals surface area contributed by atoms with Crippen LogP contribution in [0.4, 0.5) is 0 Å². The number of phenols is 2. The zero-order valence-corrected chi connectivity index (χ0v) is 16.6. The monoisotopic (exact) mass is 380 g/mol. The van der Waals surface area contributed by atoms with Crippen LogP contribution in [0.5, 0.6) is 11.5 Å². The Bertz CT molecular complexity index is 1030. The van der Waals surface area contributed by atoms with E-state index in [1.165, 1.54) is 11.1 Å². The number of phenolic OH excluding ortho intramolecular Hbond substituents is 2. The third-order valence-corrected chi connectivity index (χ3v) is 5.56. The molecule has 0 aromatic heterocycles. The molecule has 0 saturated heterocycles. The molecule has 29 heavy (non-hydrogen) atoms. The minimum Gasteiger partial charge on any atom is -0.508 e. The van der Waals surface area contributed by atoms with Crippen molar-refractivity contribution in [3.8, 4) is 33.8 Å². The number of benzene rings is 4. The Labute approximate surface area is 171 Å². The van der Waals surface area contributed by atoms with Crippen LogP contribution >= 0.6 is 0 Å². The summed E-state index contributed by atoms with van der Waals surface area (Å²) in [6.45, 7) is 4.48. The average molecular weight is 380 g/mol. The topological polar surface area (TPSA) is 40.5 Å². The molecule has 0 amide bonds. The van der Waals surface area contributed by atoms with Crippen LogP contribution in [-0.4, -0.2) is 10.2 Å². The molecule has 4 aromatic rings. The molecule has 0 spiro atoms. The Hall–Kier alpha value is -3.52. The normalized spacial score (nSPS) is 11.4. The van der Waals surface area contributed by atoms with Crippen molar-refractivity contribution in [1.82, 2.24) is 0 Å². The molecule has 4 rings (SSSR count). The lowest BCUT2D eigenvalue weighted by molar-refractivity contribution is 0.475. The van der Waals surface area contributed by atoms with Gasteiger partial charge in [-0.15, -0.1) is 0 Å². The van der Waals surface area contributed by atoms with E-state index in [9.17, 15) is 10.2 Å². The van der Waals surface area contributed by atoms with Gasteiger partial charge in [-0.1, -0.05) is 86.6 Å². The van der Waals surface area contributed by atoms with Crippen molar-refractivity contribution in [2.24, 2.45) is 0 Å². The minimum absolute atomic E-state index is 0.261. The molecule has 4 aromatic carbocycles. The lowest BCUT2D eigenvalue weighted by Gasteiger charge is -2.31. The lowest BCUT2D eigenvalue weighted by Crippen LogP contribution is -2.21. The van der Waals surface area contributed by atoms with E-state index in [0.717, 1.165) is 22.3 Å². The number of hydrogen-bond donors (Lipinski definition) is 2. The van der Waals surface area contributed by atoms with Gasteiger partial charge in [0.2, 0.25) is 0 Å². The van der Waals surface area contributed by atoms with Crippen molar-refractivity contribution < 1.29 is 10.2 Å². The molecule has 0 unspecified atom stereocenters. The maximum Gasteiger partial charge on any atom is 0.115 e. The van der Waals surface area contributed by atoms with Crippen LogP contribution in [0.2, 0.25) is 0 Å². The first-order chi connectivity index (χ1) is 14.0. The zero-order chi connectivity index (χ0) is 20.4. The van der Waals surface area contributed by atoms with Gasteiger partial charge in [0.15, 0.2) is 0 Å². The van der Waals surface area contributed by atoms with Gasteiger partial charge in [0, 0.05) is 5.41 Å². The maximum atomic E-state index is 9.67. The summed E-state index contributed by atoms with van der Waals surface area (Å²) in [5, 5.41) is 19.3. The molecule has 0 bridgehead atoms. The lowest BCUT2D eigenvalue weighted by atomic mass is 9.72. The highest BCUT2D eigenvalue weighted by Crippen LogP contribution is 2.42. The quantitative estimate of drug-likeness (QED) is 0.411. The summed E-state index contributed by atoms with van der Waals surface area (Å²) in [7, 11) is 0. The van der Waals surface area contributed by atoms with Gasteiger partial charge < -0.3 is 10.2 Å². The first kappa shape index (κ1) is 18.8. The van der Waals surface area contributed by atoms with Gasteiger partial charge in [0.25, 0.3) is 0 Å². The van der Waals surface area contributed by atoms with Crippen molar-refractivity contribution in [3.05, 3.63) is 108 Å². The molecule has 0 radical (unpaired) electrons. The molecule has 0 aliphatic rings. The molecular weight excluding hydrogens is 356 g/mol. The summed E-state index contributed by atoms with van der Waals surface area (Å²) < 4.78 is 0. The van der Waals surface area contributed by atoms with E-state index in [1.54, 1.807) is 24.3 Å². The second-order valence-electron chi connectivity index (χ2n) is 7.81. The van der Waals surface area contributed by atoms with Crippen LogP contribution < -0.4 is 0 Å². The van der Waals surface area contributed by atoms with Crippen molar-refractivity contribution in [2.75, 3.05) is 0 Å². The van der Waals surface area contributed by atoms with E-state index in [1.807, 2.05) is 36.4 Å². The predicted molar refractivity (Wildman–Crippen MR) is 119 cm³/mol. The van der Waals surface area contributed by atoms with E-state index in [-0.39, 0.29) is 16.9 Å². The molecule has 0 aliphatic heterocycles. The second-order valence-corrected chi connectivity index (χ2v) is 7.81. The van der Waals surface area contributed by atoms with Gasteiger partial charge in [-0.05, 0) is 57.6 Å². The SMILES string of the molecule is CC(C)(c1ccccc1-c1ccc(O)cc1)c1ccccc1-c1ccc(O)cc1. The Morgan fingerprint density at radius 2 is 0.828 bits per heavy atom. The molecule has 2 nitrogen and oxygen atoms in total. The van der Waals surface area contributed by atoms with Crippen LogP contribution in [0, 0.1) is 0 Å². The Balaban J connectivity index is 1.87. The van der Waals surface area contributed by atoms with Gasteiger partial charge in [-0.3, -0.25) is 0 Å². The van der Waals surface area contributed by atoms with Gasteiger partial charge in [0.05, 0.1) is 0 Å². The van der Waals surface area contributed by atoms with Gasteiger partial charge in [-0.25, -0.2) is 0 Å². The summed E-state index contributed by atoms with van der Waals surface area (Å²) >= 11 is 0. The molecule has 0 saturated carbocycles. The number of rotatable bonds is 4. The highest BCUT2D eigenvalue weighted by atomic mass is 16.3. The second kappa shape index (κ2) is 7.48. The van der Waals surface area contributed by atoms with Gasteiger partial charge >= 0.3 is 0 Å². The predicted octanol–water partition coefficient (Wildman–Crippen LogP) is 6.76. The molecular formula is C27H24O2. The van der Waals surface area contributed by atoms with Crippen LogP contribution in [0.1, 0.15) is 25.0 Å². The van der Waals surface area contributed by atoms with E-state index < -0.39 is 0 Å².